The summed E-state index contributed by atoms with van der Waals surface area (Å²) in [5, 5.41) is 45.6. The third-order valence-corrected chi connectivity index (χ3v) is 20.4. The number of rotatable bonds is 26. The molecule has 5 aromatic rings. The highest BCUT2D eigenvalue weighted by atomic mass is 15.4. The van der Waals surface area contributed by atoms with Crippen molar-refractivity contribution in [3.05, 3.63) is 59.5 Å². The fourth-order valence-corrected chi connectivity index (χ4v) is 14.5. The molecule has 9 heterocycles. The van der Waals surface area contributed by atoms with E-state index in [1.807, 2.05) is 43.5 Å². The highest BCUT2D eigenvalue weighted by Crippen LogP contribution is 2.50. The van der Waals surface area contributed by atoms with Crippen LogP contribution in [0.3, 0.4) is 0 Å². The largest absolute Gasteiger partial charge is 0.314 e. The Labute approximate surface area is 698 Å². The lowest BCUT2D eigenvalue weighted by molar-refractivity contribution is -0.104. The molecule has 20 heteroatoms. The molecule has 4 saturated heterocycles. The quantitative estimate of drug-likeness (QED) is 0.0408. The Balaban J connectivity index is 0.000000286. The first-order valence-electron chi connectivity index (χ1n) is 44.6. The van der Waals surface area contributed by atoms with Gasteiger partial charge in [0.05, 0.1) is 48.1 Å². The molecule has 1 spiro atoms. The topological polar surface area (TPSA) is 179 Å². The number of nitrogens with zero attached hydrogens (tertiary/aromatic N) is 19. The van der Waals surface area contributed by atoms with Crippen molar-refractivity contribution in [1.29, 1.82) is 0 Å². The third-order valence-electron chi connectivity index (χ3n) is 20.4. The first-order chi connectivity index (χ1) is 53.1. The van der Waals surface area contributed by atoms with Gasteiger partial charge in [-0.25, -0.2) is 0 Å². The second kappa shape index (κ2) is 48.3. The number of likely N-dealkylation sites (tertiary alicyclic amines) is 3. The van der Waals surface area contributed by atoms with Gasteiger partial charge in [0.1, 0.15) is 0 Å². The molecule has 0 amide bonds. The van der Waals surface area contributed by atoms with Crippen molar-refractivity contribution in [1.82, 2.24) is 99.9 Å². The fourth-order valence-electron chi connectivity index (χ4n) is 14.5. The maximum atomic E-state index is 4.31. The molecule has 20 nitrogen and oxygen atoms in total. The van der Waals surface area contributed by atoms with Gasteiger partial charge in [0.25, 0.3) is 0 Å². The van der Waals surface area contributed by atoms with Crippen LogP contribution in [0.25, 0.3) is 0 Å². The fraction of sp³-hybridized carbons (Fsp3) is 0.830. The van der Waals surface area contributed by atoms with Gasteiger partial charge in [-0.1, -0.05) is 191 Å². The van der Waals surface area contributed by atoms with Crippen molar-refractivity contribution < 1.29 is 0 Å². The number of piperidine rings is 2. The average molecular weight is 1580 g/mol. The van der Waals surface area contributed by atoms with E-state index in [-0.39, 0.29) is 37.9 Å². The zero-order chi connectivity index (χ0) is 84.9. The lowest BCUT2D eigenvalue weighted by Gasteiger charge is -2.60. The Bertz CT molecular complexity index is 3570. The molecule has 5 aromatic heterocycles. The number of hydrogen-bond acceptors (Lipinski definition) is 15. The Kier molecular flexibility index (Phi) is 42.6. The van der Waals surface area contributed by atoms with E-state index in [1.165, 1.54) is 155 Å². The minimum absolute atomic E-state index is 0.0348. The number of piperazine rings is 1. The van der Waals surface area contributed by atoms with Crippen LogP contribution < -0.4 is 5.32 Å². The molecule has 0 radical (unpaired) electrons. The summed E-state index contributed by atoms with van der Waals surface area (Å²) >= 11 is 0. The Morgan fingerprint density at radius 2 is 0.754 bits per heavy atom. The minimum Gasteiger partial charge on any atom is -0.314 e. The van der Waals surface area contributed by atoms with Gasteiger partial charge in [-0.3, -0.25) is 33.2 Å². The molecule has 0 bridgehead atoms. The van der Waals surface area contributed by atoms with E-state index >= 15 is 0 Å². The molecule has 1 saturated carbocycles. The molecule has 114 heavy (non-hydrogen) atoms. The SMILES string of the molecule is CC#CC(C)(C)C.CC#CC(C)(C)Cn1cc(CC(C)(C)C)nn1.CC(C)(C)C#CC(C)(C)Cn1cc(CN2CCNCC2)nn1.CC(C)(C)Cc1cn(CCCCCCN2CCCCC2)nn1.CC(C)(C)Cc1cn(CCN2CCCCC2)nn1.CC(C)(C)N1CC2(CCC2)C1.CCCc1cn(CCCCCC(C)(C)C)nn1. The Morgan fingerprint density at radius 1 is 0.368 bits per heavy atom. The van der Waals surface area contributed by atoms with Gasteiger partial charge in [-0.15, -0.1) is 37.3 Å². The summed E-state index contributed by atoms with van der Waals surface area (Å²) in [5.41, 5.74) is 8.04. The van der Waals surface area contributed by atoms with E-state index in [0.717, 1.165) is 138 Å². The van der Waals surface area contributed by atoms with E-state index in [0.29, 0.717) is 11.0 Å². The van der Waals surface area contributed by atoms with Crippen LogP contribution in [0.5, 0.6) is 0 Å². The van der Waals surface area contributed by atoms with Gasteiger partial charge in [0.15, 0.2) is 0 Å². The van der Waals surface area contributed by atoms with Crippen molar-refractivity contribution in [2.75, 3.05) is 78.5 Å². The molecule has 0 unspecified atom stereocenters. The highest BCUT2D eigenvalue weighted by molar-refractivity contribution is 5.14. The van der Waals surface area contributed by atoms with Gasteiger partial charge < -0.3 is 15.1 Å². The zero-order valence-electron chi connectivity index (χ0n) is 78.7. The second-order valence-corrected chi connectivity index (χ2v) is 43.0. The van der Waals surface area contributed by atoms with Crippen LogP contribution in [0.15, 0.2) is 31.0 Å². The molecule has 4 aliphatic heterocycles. The van der Waals surface area contributed by atoms with Crippen molar-refractivity contribution >= 4 is 0 Å². The molecular formula is C94H170N20. The average Bonchev–Trinajstić information content (AvgIpc) is 1.55. The van der Waals surface area contributed by atoms with Crippen LogP contribution in [-0.2, 0) is 65.0 Å². The summed E-state index contributed by atoms with van der Waals surface area (Å²) in [4.78, 5) is 10.2. The van der Waals surface area contributed by atoms with Crippen molar-refractivity contribution in [2.24, 2.45) is 48.7 Å². The van der Waals surface area contributed by atoms with Gasteiger partial charge >= 0.3 is 0 Å². The maximum absolute atomic E-state index is 4.31. The lowest BCUT2D eigenvalue weighted by Crippen LogP contribution is -2.64. The molecule has 0 atom stereocenters. The van der Waals surface area contributed by atoms with E-state index in [1.54, 1.807) is 0 Å². The standard InChI is InChI=1S/C18H34N4.C17H29N5.C14H26N4.C14H23N3.C14H27N3.C10H19N.C7H12/c1-18(2,3)15-17-16-22(20-19-17)14-10-5-4-7-11-21-12-8-6-9-13-21;1-16(2,3)6-7-17(4,5)14-22-13-15(19-20-22)12-21-10-8-18-9-11-21;1-14(2,3)11-13-12-18(16-15-13)10-9-17-7-5-4-6-8-17;1-7-8-14(5,6)11-17-10-12(15-16-17)9-13(2,3)4;1-5-9-13-12-17(16-15-13)11-8-6-7-10-14(2,3)4;1-9(2,3)11-7-10(8-11)5-4-6-10;1-5-6-7(2,3)4/h16H,4-15H2,1-3H3;13,18H,8-12,14H2,1-5H3;12H,4-11H2,1-3H3;10H,9,11H2,1-6H3;12H,5-11H2,1-4H3;4-8H2,1-3H3;1-4H3. The van der Waals surface area contributed by atoms with E-state index in [4.69, 9.17) is 0 Å². The zero-order valence-corrected chi connectivity index (χ0v) is 78.7. The molecule has 1 N–H and O–H groups in total. The van der Waals surface area contributed by atoms with Crippen molar-refractivity contribution in [2.45, 2.75) is 380 Å². The lowest BCUT2D eigenvalue weighted by atomic mass is 9.62. The van der Waals surface area contributed by atoms with Crippen LogP contribution in [0.1, 0.15) is 338 Å². The number of aryl methyl sites for hydroxylation is 3. The predicted octanol–water partition coefficient (Wildman–Crippen LogP) is 19.1. The molecule has 0 aromatic carbocycles. The Morgan fingerprint density at radius 3 is 1.16 bits per heavy atom. The van der Waals surface area contributed by atoms with E-state index in [2.05, 4.69) is 317 Å². The Hall–Kier alpha value is -5.82. The van der Waals surface area contributed by atoms with E-state index < -0.39 is 0 Å². The van der Waals surface area contributed by atoms with Crippen molar-refractivity contribution in [3.63, 3.8) is 0 Å². The molecular weight excluding hydrogens is 1410 g/mol. The third kappa shape index (κ3) is 47.5. The number of unbranched alkanes of at least 4 members (excludes halogenated alkanes) is 5. The van der Waals surface area contributed by atoms with Crippen LogP contribution in [0.2, 0.25) is 0 Å². The van der Waals surface area contributed by atoms with E-state index in [9.17, 15) is 0 Å². The summed E-state index contributed by atoms with van der Waals surface area (Å²) in [6.45, 7) is 81.1. The summed E-state index contributed by atoms with van der Waals surface area (Å²) in [6, 6.07) is 0. The first kappa shape index (κ1) is 101. The highest BCUT2D eigenvalue weighted by Gasteiger charge is 2.50. The summed E-state index contributed by atoms with van der Waals surface area (Å²) < 4.78 is 9.82. The van der Waals surface area contributed by atoms with Crippen LogP contribution in [0.4, 0.5) is 0 Å². The van der Waals surface area contributed by atoms with Gasteiger partial charge in [-0.2, -0.15) is 0 Å². The van der Waals surface area contributed by atoms with Crippen LogP contribution >= 0.6 is 0 Å². The monoisotopic (exact) mass is 1580 g/mol. The summed E-state index contributed by atoms with van der Waals surface area (Å²) in [5.74, 6) is 18.8. The summed E-state index contributed by atoms with van der Waals surface area (Å²) in [6.07, 6.45) is 38.8. The first-order valence-corrected chi connectivity index (χ1v) is 44.6. The molecule has 1 aliphatic carbocycles. The minimum atomic E-state index is -0.104. The molecule has 5 aliphatic rings. The van der Waals surface area contributed by atoms with Gasteiger partial charge in [0.2, 0.25) is 0 Å². The van der Waals surface area contributed by atoms with Gasteiger partial charge in [0, 0.05) is 124 Å². The van der Waals surface area contributed by atoms with Gasteiger partial charge in [-0.05, 0) is 254 Å². The smallest absolute Gasteiger partial charge is 0.0967 e. The molecule has 5 fully saturated rings. The van der Waals surface area contributed by atoms with Crippen LogP contribution in [-0.4, -0.2) is 179 Å². The normalized spacial score (nSPS) is 16.5. The van der Waals surface area contributed by atoms with Crippen molar-refractivity contribution in [3.8, 4) is 35.5 Å². The number of aromatic nitrogens is 15. The second-order valence-electron chi connectivity index (χ2n) is 43.0. The number of nitrogens with one attached hydrogen (secondary N) is 1. The molecule has 10 rings (SSSR count). The summed E-state index contributed by atoms with van der Waals surface area (Å²) in [7, 11) is 0. The number of hydrogen-bond donors (Lipinski definition) is 1. The maximum Gasteiger partial charge on any atom is 0.0967 e. The predicted molar refractivity (Wildman–Crippen MR) is 477 cm³/mol. The van der Waals surface area contributed by atoms with Crippen LogP contribution in [0, 0.1) is 84.3 Å². The molecule has 646 valence electrons.